The summed E-state index contributed by atoms with van der Waals surface area (Å²) in [7, 11) is 1.65. The third-order valence-electron chi connectivity index (χ3n) is 7.53. The Morgan fingerprint density at radius 1 is 1.14 bits per heavy atom. The molecule has 190 valence electrons. The minimum atomic E-state index is -0.856. The van der Waals surface area contributed by atoms with Crippen LogP contribution in [0, 0.1) is 0 Å². The molecule has 0 spiro atoms. The fraction of sp³-hybridized carbons (Fsp3) is 0.321. The molecule has 2 aromatic carbocycles. The maximum absolute atomic E-state index is 13.0. The topological polar surface area (TPSA) is 119 Å². The molecule has 2 atom stereocenters. The summed E-state index contributed by atoms with van der Waals surface area (Å²) in [6.45, 7) is 0.259. The molecule has 37 heavy (non-hydrogen) atoms. The van der Waals surface area contributed by atoms with E-state index in [1.807, 2.05) is 48.7 Å². The van der Waals surface area contributed by atoms with E-state index < -0.39 is 12.1 Å². The van der Waals surface area contributed by atoms with Gasteiger partial charge in [-0.3, -0.25) is 14.5 Å². The Kier molecular flexibility index (Phi) is 5.82. The molecule has 4 aromatic rings. The number of hydrogen-bond donors (Lipinski definition) is 4. The van der Waals surface area contributed by atoms with Crippen LogP contribution in [-0.2, 0) is 22.4 Å². The van der Waals surface area contributed by atoms with E-state index in [0.29, 0.717) is 6.42 Å². The highest BCUT2D eigenvalue weighted by molar-refractivity contribution is 6.06. The van der Waals surface area contributed by atoms with Crippen LogP contribution in [0.25, 0.3) is 21.8 Å². The monoisotopic (exact) mass is 499 g/mol. The third-order valence-corrected chi connectivity index (χ3v) is 7.53. The van der Waals surface area contributed by atoms with Gasteiger partial charge < -0.3 is 25.3 Å². The summed E-state index contributed by atoms with van der Waals surface area (Å²) >= 11 is 0. The van der Waals surface area contributed by atoms with Gasteiger partial charge in [-0.25, -0.2) is 4.79 Å². The molecule has 0 unspecified atom stereocenters. The van der Waals surface area contributed by atoms with Crippen LogP contribution in [0.15, 0.2) is 48.7 Å². The number of hydrogen-bond acceptors (Lipinski definition) is 4. The van der Waals surface area contributed by atoms with Gasteiger partial charge in [-0.2, -0.15) is 0 Å². The Labute approximate surface area is 213 Å². The number of carbonyl (C=O) groups is 3. The van der Waals surface area contributed by atoms with Gasteiger partial charge in [-0.15, -0.1) is 0 Å². The van der Waals surface area contributed by atoms with E-state index in [2.05, 4.69) is 20.6 Å². The first-order valence-corrected chi connectivity index (χ1v) is 12.7. The molecule has 2 aliphatic rings. The van der Waals surface area contributed by atoms with Crippen molar-refractivity contribution >= 4 is 39.7 Å². The van der Waals surface area contributed by atoms with Gasteiger partial charge in [0.1, 0.15) is 11.8 Å². The second-order valence-corrected chi connectivity index (χ2v) is 9.75. The highest BCUT2D eigenvalue weighted by Crippen LogP contribution is 2.36. The fourth-order valence-electron chi connectivity index (χ4n) is 5.65. The number of nitrogens with one attached hydrogen (secondary N) is 4. The molecule has 4 amide bonds. The summed E-state index contributed by atoms with van der Waals surface area (Å²) in [5, 5.41) is 7.96. The maximum Gasteiger partial charge on any atom is 0.324 e. The lowest BCUT2D eigenvalue weighted by Crippen LogP contribution is -2.38. The molecule has 0 bridgehead atoms. The number of methoxy groups -OCH3 is 1. The molecule has 1 saturated heterocycles. The molecule has 3 heterocycles. The lowest BCUT2D eigenvalue weighted by molar-refractivity contribution is -0.131. The number of amides is 4. The Morgan fingerprint density at radius 2 is 2.00 bits per heavy atom. The van der Waals surface area contributed by atoms with E-state index >= 15 is 0 Å². The van der Waals surface area contributed by atoms with Crippen LogP contribution in [-0.4, -0.2) is 52.4 Å². The van der Waals surface area contributed by atoms with Crippen LogP contribution in [0.3, 0.4) is 0 Å². The van der Waals surface area contributed by atoms with Crippen molar-refractivity contribution < 1.29 is 19.1 Å². The number of rotatable bonds is 7. The number of urea groups is 1. The SMILES string of the molecule is COc1ccc2[nH]c3c(c2c1)CCC[C@@H]3NC(=O)C[C@@H]1NC(=O)N(CCc2c[nH]c3ccccc23)C1=O. The lowest BCUT2D eigenvalue weighted by Gasteiger charge is -2.24. The zero-order chi connectivity index (χ0) is 25.5. The minimum Gasteiger partial charge on any atom is -0.497 e. The molecule has 1 aliphatic carbocycles. The first-order chi connectivity index (χ1) is 18.0. The number of fused-ring (bicyclic) bond motifs is 4. The van der Waals surface area contributed by atoms with Crippen LogP contribution in [0.4, 0.5) is 4.79 Å². The Balaban J connectivity index is 1.10. The van der Waals surface area contributed by atoms with Crippen LogP contribution in [0.1, 0.15) is 42.1 Å². The molecule has 1 fully saturated rings. The zero-order valence-electron chi connectivity index (χ0n) is 20.6. The minimum absolute atomic E-state index is 0.0892. The first-order valence-electron chi connectivity index (χ1n) is 12.7. The average molecular weight is 500 g/mol. The second-order valence-electron chi connectivity index (χ2n) is 9.75. The summed E-state index contributed by atoms with van der Waals surface area (Å²) in [6.07, 6.45) is 5.05. The maximum atomic E-state index is 13.0. The number of para-hydroxylation sites is 1. The molecule has 0 saturated carbocycles. The molecule has 9 heteroatoms. The van der Waals surface area contributed by atoms with E-state index in [0.717, 1.165) is 58.1 Å². The summed E-state index contributed by atoms with van der Waals surface area (Å²) in [6, 6.07) is 12.4. The Morgan fingerprint density at radius 3 is 2.86 bits per heavy atom. The van der Waals surface area contributed by atoms with Crippen LogP contribution < -0.4 is 15.4 Å². The van der Waals surface area contributed by atoms with Crippen LogP contribution in [0.5, 0.6) is 5.75 Å². The van der Waals surface area contributed by atoms with Gasteiger partial charge in [0, 0.05) is 40.2 Å². The van der Waals surface area contributed by atoms with Crippen molar-refractivity contribution in [3.05, 3.63) is 65.5 Å². The van der Waals surface area contributed by atoms with Crippen molar-refractivity contribution in [2.45, 2.75) is 44.2 Å². The number of ether oxygens (including phenoxy) is 1. The quantitative estimate of drug-likeness (QED) is 0.290. The van der Waals surface area contributed by atoms with Gasteiger partial charge in [0.05, 0.1) is 19.6 Å². The van der Waals surface area contributed by atoms with Crippen molar-refractivity contribution in [2.75, 3.05) is 13.7 Å². The molecular weight excluding hydrogens is 470 g/mol. The number of imide groups is 1. The Hall–Kier alpha value is -4.27. The summed E-state index contributed by atoms with van der Waals surface area (Å²) in [5.41, 5.74) is 5.27. The number of carbonyl (C=O) groups excluding carboxylic acids is 3. The van der Waals surface area contributed by atoms with Gasteiger partial charge >= 0.3 is 6.03 Å². The van der Waals surface area contributed by atoms with Gasteiger partial charge in [0.2, 0.25) is 5.91 Å². The largest absolute Gasteiger partial charge is 0.497 e. The highest BCUT2D eigenvalue weighted by atomic mass is 16.5. The lowest BCUT2D eigenvalue weighted by atomic mass is 9.91. The molecule has 9 nitrogen and oxygen atoms in total. The standard InChI is InChI=1S/C28H29N5O4/c1-37-17-9-10-22-20(13-17)19-6-4-8-23(26(19)31-22)30-25(34)14-24-27(35)33(28(36)32-24)12-11-16-15-29-21-7-3-2-5-18(16)21/h2-3,5,7,9-10,13,15,23-24,29,31H,4,6,8,11-12,14H2,1H3,(H,30,34)(H,32,36)/t23-,24-/m0/s1. The summed E-state index contributed by atoms with van der Waals surface area (Å²) in [5.74, 6) is 0.179. The zero-order valence-corrected chi connectivity index (χ0v) is 20.6. The predicted molar refractivity (Wildman–Crippen MR) is 139 cm³/mol. The highest BCUT2D eigenvalue weighted by Gasteiger charge is 2.39. The third kappa shape index (κ3) is 4.20. The number of H-pyrrole nitrogens is 2. The first kappa shape index (κ1) is 23.1. The van der Waals surface area contributed by atoms with E-state index in [1.165, 1.54) is 10.5 Å². The van der Waals surface area contributed by atoms with Crippen molar-refractivity contribution in [3.8, 4) is 5.75 Å². The number of benzene rings is 2. The molecule has 4 N–H and O–H groups in total. The number of aromatic nitrogens is 2. The predicted octanol–water partition coefficient (Wildman–Crippen LogP) is 3.70. The van der Waals surface area contributed by atoms with E-state index in [1.54, 1.807) is 7.11 Å². The van der Waals surface area contributed by atoms with Crippen molar-refractivity contribution in [1.29, 1.82) is 0 Å². The average Bonchev–Trinajstić information content (AvgIpc) is 3.57. The van der Waals surface area contributed by atoms with Crippen LogP contribution in [0.2, 0.25) is 0 Å². The molecule has 6 rings (SSSR count). The van der Waals surface area contributed by atoms with Crippen molar-refractivity contribution in [2.24, 2.45) is 0 Å². The molecule has 0 radical (unpaired) electrons. The smallest absolute Gasteiger partial charge is 0.324 e. The second kappa shape index (κ2) is 9.31. The van der Waals surface area contributed by atoms with Gasteiger partial charge in [-0.1, -0.05) is 18.2 Å². The van der Waals surface area contributed by atoms with E-state index in [4.69, 9.17) is 4.74 Å². The van der Waals surface area contributed by atoms with Gasteiger partial charge in [-0.05, 0) is 61.1 Å². The number of nitrogens with zero attached hydrogens (tertiary/aromatic N) is 1. The van der Waals surface area contributed by atoms with Gasteiger partial charge in [0.25, 0.3) is 5.91 Å². The summed E-state index contributed by atoms with van der Waals surface area (Å²) < 4.78 is 5.38. The van der Waals surface area contributed by atoms with Crippen molar-refractivity contribution in [3.63, 3.8) is 0 Å². The molecular formula is C28H29N5O4. The van der Waals surface area contributed by atoms with Gasteiger partial charge in [0.15, 0.2) is 0 Å². The molecule has 1 aliphatic heterocycles. The summed E-state index contributed by atoms with van der Waals surface area (Å²) in [4.78, 5) is 46.4. The van der Waals surface area contributed by atoms with Crippen molar-refractivity contribution in [1.82, 2.24) is 25.5 Å². The Bertz CT molecular complexity index is 1520. The molecule has 2 aromatic heterocycles. The van der Waals surface area contributed by atoms with E-state index in [9.17, 15) is 14.4 Å². The normalized spacial score (nSPS) is 19.3. The fourth-order valence-corrected chi connectivity index (χ4v) is 5.65. The number of aromatic amines is 2. The van der Waals surface area contributed by atoms with E-state index in [-0.39, 0.29) is 30.8 Å². The number of aryl methyl sites for hydroxylation is 1. The van der Waals surface area contributed by atoms with Crippen LogP contribution >= 0.6 is 0 Å².